The first-order chi connectivity index (χ1) is 19.2. The van der Waals surface area contributed by atoms with Crippen LogP contribution in [0.3, 0.4) is 0 Å². The SMILES string of the molecule is Cc1c(-c2ccccc2F)c(=O)n(C[C@H](N)c2ccccc2)c(=O)n1Cc1ccc(F)cc1Cl.O=C(O)C(F)(F)F. The molecule has 1 atom stereocenters. The summed E-state index contributed by atoms with van der Waals surface area (Å²) in [6.07, 6.45) is -5.08. The number of hydrogen-bond donors (Lipinski definition) is 2. The van der Waals surface area contributed by atoms with Crippen LogP contribution in [0.2, 0.25) is 5.02 Å². The molecule has 4 rings (SSSR count). The molecule has 1 heterocycles. The molecule has 0 saturated heterocycles. The number of aromatic nitrogens is 2. The standard InChI is InChI=1S/C26H22ClF2N3O2.C2HF3O2/c1-16-24(20-9-5-6-10-22(20)29)25(33)32(15-23(30)17-7-3-2-4-8-17)26(34)31(16)14-18-11-12-19(28)13-21(18)27;3-2(4,5)1(6)7/h2-13,23H,14-15,30H2,1H3;(H,6,7)/t23-;/m0./s1. The van der Waals surface area contributed by atoms with Gasteiger partial charge in [0, 0.05) is 22.3 Å². The largest absolute Gasteiger partial charge is 0.490 e. The summed E-state index contributed by atoms with van der Waals surface area (Å²) in [4.78, 5) is 35.9. The molecule has 0 amide bonds. The molecule has 7 nitrogen and oxygen atoms in total. The van der Waals surface area contributed by atoms with E-state index in [1.54, 1.807) is 25.1 Å². The summed E-state index contributed by atoms with van der Waals surface area (Å²) in [6, 6.07) is 18.1. The quantitative estimate of drug-likeness (QED) is 0.294. The Morgan fingerprint density at radius 3 is 2.12 bits per heavy atom. The number of nitrogens with two attached hydrogens (primary N) is 1. The van der Waals surface area contributed by atoms with Gasteiger partial charge in [0.05, 0.1) is 18.7 Å². The van der Waals surface area contributed by atoms with Crippen molar-refractivity contribution in [2.45, 2.75) is 32.2 Å². The Hall–Kier alpha value is -4.29. The van der Waals surface area contributed by atoms with Crippen LogP contribution >= 0.6 is 11.6 Å². The van der Waals surface area contributed by atoms with E-state index in [1.807, 2.05) is 18.2 Å². The molecule has 0 radical (unpaired) electrons. The minimum atomic E-state index is -5.08. The lowest BCUT2D eigenvalue weighted by Gasteiger charge is -2.20. The Labute approximate surface area is 234 Å². The monoisotopic (exact) mass is 595 g/mol. The van der Waals surface area contributed by atoms with Gasteiger partial charge in [0.25, 0.3) is 5.56 Å². The van der Waals surface area contributed by atoms with E-state index in [0.29, 0.717) is 5.56 Å². The third-order valence-corrected chi connectivity index (χ3v) is 6.38. The molecule has 0 bridgehead atoms. The van der Waals surface area contributed by atoms with E-state index < -0.39 is 41.1 Å². The predicted molar refractivity (Wildman–Crippen MR) is 143 cm³/mol. The highest BCUT2D eigenvalue weighted by atomic mass is 35.5. The normalized spacial score (nSPS) is 11.9. The summed E-state index contributed by atoms with van der Waals surface area (Å²) in [6.45, 7) is 1.43. The van der Waals surface area contributed by atoms with Gasteiger partial charge in [-0.3, -0.25) is 13.9 Å². The summed E-state index contributed by atoms with van der Waals surface area (Å²) in [5, 5.41) is 7.26. The molecular formula is C28H23ClF5N3O4. The van der Waals surface area contributed by atoms with Gasteiger partial charge in [-0.25, -0.2) is 18.4 Å². The number of alkyl halides is 3. The molecule has 0 aliphatic heterocycles. The van der Waals surface area contributed by atoms with E-state index in [4.69, 9.17) is 27.2 Å². The van der Waals surface area contributed by atoms with Crippen LogP contribution in [0.4, 0.5) is 22.0 Å². The second kappa shape index (κ2) is 12.9. The zero-order chi connectivity index (χ0) is 30.5. The van der Waals surface area contributed by atoms with Gasteiger partial charge >= 0.3 is 17.8 Å². The number of nitrogens with zero attached hydrogens (tertiary/aromatic N) is 2. The maximum Gasteiger partial charge on any atom is 0.490 e. The smallest absolute Gasteiger partial charge is 0.475 e. The molecule has 4 aromatic rings. The van der Waals surface area contributed by atoms with Crippen molar-refractivity contribution in [1.82, 2.24) is 9.13 Å². The number of aliphatic carboxylic acids is 1. The molecule has 41 heavy (non-hydrogen) atoms. The van der Waals surface area contributed by atoms with Crippen molar-refractivity contribution >= 4 is 17.6 Å². The highest BCUT2D eigenvalue weighted by Crippen LogP contribution is 2.24. The highest BCUT2D eigenvalue weighted by Gasteiger charge is 2.38. The maximum absolute atomic E-state index is 14.7. The average molecular weight is 596 g/mol. The Morgan fingerprint density at radius 2 is 1.56 bits per heavy atom. The van der Waals surface area contributed by atoms with Crippen molar-refractivity contribution < 1.29 is 31.9 Å². The average Bonchev–Trinajstić information content (AvgIpc) is 2.91. The Kier molecular flexibility index (Phi) is 9.84. The highest BCUT2D eigenvalue weighted by molar-refractivity contribution is 6.31. The second-order valence-electron chi connectivity index (χ2n) is 8.78. The van der Waals surface area contributed by atoms with Crippen molar-refractivity contribution in [1.29, 1.82) is 0 Å². The van der Waals surface area contributed by atoms with Crippen LogP contribution in [0.5, 0.6) is 0 Å². The van der Waals surface area contributed by atoms with Gasteiger partial charge in [-0.05, 0) is 36.2 Å². The van der Waals surface area contributed by atoms with E-state index in [2.05, 4.69) is 0 Å². The van der Waals surface area contributed by atoms with Crippen LogP contribution in [0.15, 0.2) is 82.4 Å². The first-order valence-corrected chi connectivity index (χ1v) is 12.2. The third-order valence-electron chi connectivity index (χ3n) is 6.02. The summed E-state index contributed by atoms with van der Waals surface area (Å²) in [5.41, 5.74) is 6.68. The minimum absolute atomic E-state index is 0.0356. The number of rotatable bonds is 6. The molecule has 13 heteroatoms. The van der Waals surface area contributed by atoms with E-state index in [1.165, 1.54) is 34.9 Å². The van der Waals surface area contributed by atoms with Gasteiger partial charge in [-0.15, -0.1) is 0 Å². The molecule has 0 aliphatic carbocycles. The minimum Gasteiger partial charge on any atom is -0.475 e. The maximum atomic E-state index is 14.7. The van der Waals surface area contributed by atoms with Gasteiger partial charge in [0.15, 0.2) is 0 Å². The van der Waals surface area contributed by atoms with Crippen molar-refractivity contribution in [2.75, 3.05) is 0 Å². The summed E-state index contributed by atoms with van der Waals surface area (Å²) < 4.78 is 62.4. The van der Waals surface area contributed by atoms with Gasteiger partial charge in [-0.1, -0.05) is 66.2 Å². The third kappa shape index (κ3) is 7.47. The van der Waals surface area contributed by atoms with Crippen LogP contribution < -0.4 is 17.0 Å². The first kappa shape index (κ1) is 31.2. The number of carbonyl (C=O) groups is 1. The van der Waals surface area contributed by atoms with Crippen molar-refractivity contribution in [3.8, 4) is 11.1 Å². The number of halogens is 6. The lowest BCUT2D eigenvalue weighted by Crippen LogP contribution is -2.44. The topological polar surface area (TPSA) is 107 Å². The van der Waals surface area contributed by atoms with E-state index in [9.17, 15) is 31.5 Å². The molecule has 3 N–H and O–H groups in total. The summed E-state index contributed by atoms with van der Waals surface area (Å²) in [7, 11) is 0. The molecule has 0 spiro atoms. The van der Waals surface area contributed by atoms with Crippen molar-refractivity contribution in [3.05, 3.63) is 127 Å². The Balaban J connectivity index is 0.000000587. The zero-order valence-corrected chi connectivity index (χ0v) is 22.1. The second-order valence-corrected chi connectivity index (χ2v) is 9.19. The van der Waals surface area contributed by atoms with Gasteiger partial charge < -0.3 is 10.8 Å². The molecule has 3 aromatic carbocycles. The first-order valence-electron chi connectivity index (χ1n) is 11.9. The van der Waals surface area contributed by atoms with Crippen LogP contribution in [0.25, 0.3) is 11.1 Å². The van der Waals surface area contributed by atoms with Crippen LogP contribution in [-0.2, 0) is 17.9 Å². The fourth-order valence-electron chi connectivity index (χ4n) is 3.94. The molecule has 0 unspecified atom stereocenters. The molecule has 0 fully saturated rings. The summed E-state index contributed by atoms with van der Waals surface area (Å²) in [5.74, 6) is -3.86. The lowest BCUT2D eigenvalue weighted by atomic mass is 10.0. The van der Waals surface area contributed by atoms with Gasteiger partial charge in [0.2, 0.25) is 0 Å². The number of carboxylic acid groups (broad SMARTS) is 1. The summed E-state index contributed by atoms with van der Waals surface area (Å²) >= 11 is 6.20. The van der Waals surface area contributed by atoms with E-state index in [0.717, 1.165) is 16.2 Å². The zero-order valence-electron chi connectivity index (χ0n) is 21.3. The van der Waals surface area contributed by atoms with Crippen molar-refractivity contribution in [2.24, 2.45) is 5.73 Å². The van der Waals surface area contributed by atoms with Crippen LogP contribution in [-0.4, -0.2) is 26.4 Å². The molecule has 216 valence electrons. The number of benzene rings is 3. The molecule has 1 aromatic heterocycles. The Bertz CT molecular complexity index is 1670. The van der Waals surface area contributed by atoms with Gasteiger partial charge in [-0.2, -0.15) is 13.2 Å². The van der Waals surface area contributed by atoms with Crippen molar-refractivity contribution in [3.63, 3.8) is 0 Å². The fraction of sp³-hybridized carbons (Fsp3) is 0.179. The number of carboxylic acids is 1. The molecular weight excluding hydrogens is 573 g/mol. The predicted octanol–water partition coefficient (Wildman–Crippen LogP) is 5.30. The van der Waals surface area contributed by atoms with Crippen LogP contribution in [0.1, 0.15) is 22.9 Å². The van der Waals surface area contributed by atoms with Crippen LogP contribution in [0, 0.1) is 18.6 Å². The fourth-order valence-corrected chi connectivity index (χ4v) is 4.17. The van der Waals surface area contributed by atoms with E-state index >= 15 is 0 Å². The molecule has 0 saturated carbocycles. The van der Waals surface area contributed by atoms with Gasteiger partial charge in [0.1, 0.15) is 11.6 Å². The lowest BCUT2D eigenvalue weighted by molar-refractivity contribution is -0.192. The molecule has 0 aliphatic rings. The Morgan fingerprint density at radius 1 is 0.976 bits per heavy atom. The number of hydrogen-bond acceptors (Lipinski definition) is 4. The van der Waals surface area contributed by atoms with E-state index in [-0.39, 0.29) is 34.9 Å².